The van der Waals surface area contributed by atoms with Crippen LogP contribution in [0.15, 0.2) is 40.8 Å². The molecule has 1 heterocycles. The number of aryl methyl sites for hydroxylation is 2. The van der Waals surface area contributed by atoms with Gasteiger partial charge in [0.25, 0.3) is 0 Å². The summed E-state index contributed by atoms with van der Waals surface area (Å²) in [6, 6.07) is 5.68. The lowest BCUT2D eigenvalue weighted by molar-refractivity contribution is -0.657. The van der Waals surface area contributed by atoms with Gasteiger partial charge in [0.2, 0.25) is 0 Å². The third-order valence-corrected chi connectivity index (χ3v) is 4.08. The zero-order valence-corrected chi connectivity index (χ0v) is 15.2. The van der Waals surface area contributed by atoms with Crippen molar-refractivity contribution in [3.05, 3.63) is 36.2 Å². The lowest BCUT2D eigenvalue weighted by atomic mass is 10.1. The maximum atomic E-state index is 10.6. The first kappa shape index (κ1) is 19.0. The molecule has 0 aliphatic carbocycles. The molecule has 0 amide bonds. The van der Waals surface area contributed by atoms with E-state index < -0.39 is 10.4 Å². The van der Waals surface area contributed by atoms with Crippen molar-refractivity contribution in [2.75, 3.05) is 24.6 Å². The topological polar surface area (TPSA) is 111 Å². The van der Waals surface area contributed by atoms with Gasteiger partial charge < -0.3 is 4.90 Å². The maximum Gasteiger partial charge on any atom is 0.418 e. The quantitative estimate of drug-likeness (QED) is 0.421. The smallest absolute Gasteiger partial charge is 0.369 e. The summed E-state index contributed by atoms with van der Waals surface area (Å²) in [5.41, 5.74) is 2.58. The minimum absolute atomic E-state index is 0.128. The van der Waals surface area contributed by atoms with Crippen LogP contribution in [0.4, 0.5) is 17.3 Å². The van der Waals surface area contributed by atoms with E-state index in [1.165, 1.54) is 0 Å². The second-order valence-corrected chi connectivity index (χ2v) is 6.49. The summed E-state index contributed by atoms with van der Waals surface area (Å²) in [4.78, 5) is 4.91. The largest absolute Gasteiger partial charge is 0.418 e. The van der Waals surface area contributed by atoms with Gasteiger partial charge in [-0.1, -0.05) is 5.11 Å². The Balaban J connectivity index is 2.09. The second-order valence-electron chi connectivity index (χ2n) is 5.39. The first-order valence-electron chi connectivity index (χ1n) is 7.72. The number of benzene rings is 1. The zero-order valence-electron chi connectivity index (χ0n) is 14.4. The molecule has 2 rings (SSSR count). The fraction of sp³-hybridized carbons (Fsp3) is 0.400. The summed E-state index contributed by atoms with van der Waals surface area (Å²) in [6.45, 7) is 4.73. The Kier molecular flexibility index (Phi) is 6.23. The van der Waals surface area contributed by atoms with Crippen molar-refractivity contribution in [3.8, 4) is 0 Å². The van der Waals surface area contributed by atoms with Crippen LogP contribution < -0.4 is 9.47 Å². The average molecular weight is 368 g/mol. The molecule has 0 atom stereocenters. The minimum Gasteiger partial charge on any atom is -0.369 e. The van der Waals surface area contributed by atoms with Crippen LogP contribution in [-0.2, 0) is 21.6 Å². The number of anilines is 1. The molecule has 25 heavy (non-hydrogen) atoms. The summed E-state index contributed by atoms with van der Waals surface area (Å²) in [5.74, 6) is 0.640. The molecule has 0 spiro atoms. The van der Waals surface area contributed by atoms with Crippen molar-refractivity contribution in [2.24, 2.45) is 17.3 Å². The molecule has 0 fully saturated rings. The van der Waals surface area contributed by atoms with E-state index in [0.29, 0.717) is 19.0 Å². The van der Waals surface area contributed by atoms with Gasteiger partial charge >= 0.3 is 16.3 Å². The maximum absolute atomic E-state index is 10.6. The number of imidazole rings is 1. The lowest BCUT2D eigenvalue weighted by Crippen LogP contribution is -2.28. The molecule has 1 aromatic heterocycles. The van der Waals surface area contributed by atoms with E-state index >= 15 is 0 Å². The first-order valence-corrected chi connectivity index (χ1v) is 9.09. The van der Waals surface area contributed by atoms with Gasteiger partial charge in [0.05, 0.1) is 26.0 Å². The average Bonchev–Trinajstić information content (AvgIpc) is 2.94. The monoisotopic (exact) mass is 368 g/mol. The lowest BCUT2D eigenvalue weighted by Gasteiger charge is -2.23. The van der Waals surface area contributed by atoms with Crippen LogP contribution in [0.1, 0.15) is 12.5 Å². The first-order chi connectivity index (χ1) is 11.8. The van der Waals surface area contributed by atoms with Crippen molar-refractivity contribution >= 4 is 27.7 Å². The van der Waals surface area contributed by atoms with Crippen molar-refractivity contribution < 1.29 is 21.7 Å². The van der Waals surface area contributed by atoms with Gasteiger partial charge in [-0.15, -0.1) is 0 Å². The number of nitrogens with one attached hydrogen (secondary N) is 1. The van der Waals surface area contributed by atoms with Gasteiger partial charge in [0, 0.05) is 23.9 Å². The van der Waals surface area contributed by atoms with E-state index in [-0.39, 0.29) is 6.61 Å². The predicted molar refractivity (Wildman–Crippen MR) is 92.7 cm³/mol. The molecule has 1 aromatic carbocycles. The third kappa shape index (κ3) is 5.62. The van der Waals surface area contributed by atoms with Gasteiger partial charge in [-0.25, -0.2) is 13.7 Å². The number of rotatable bonds is 8. The molecule has 0 radical (unpaired) electrons. The van der Waals surface area contributed by atoms with Gasteiger partial charge in [-0.05, 0) is 37.6 Å². The molecule has 2 N–H and O–H groups in total. The molecular formula is C15H22N5O4S+. The van der Waals surface area contributed by atoms with Crippen LogP contribution in [-0.4, -0.2) is 37.7 Å². The third-order valence-electron chi connectivity index (χ3n) is 3.62. The van der Waals surface area contributed by atoms with E-state index in [9.17, 15) is 8.42 Å². The van der Waals surface area contributed by atoms with E-state index in [2.05, 4.69) is 19.4 Å². The molecule has 2 aromatic rings. The normalized spacial score (nSPS) is 12.0. The van der Waals surface area contributed by atoms with Crippen molar-refractivity contribution in [2.45, 2.75) is 13.8 Å². The van der Waals surface area contributed by atoms with Crippen LogP contribution in [0.3, 0.4) is 0 Å². The number of likely N-dealkylation sites (N-methyl/N-ethyl adjacent to an activating group) is 1. The summed E-state index contributed by atoms with van der Waals surface area (Å²) in [7, 11) is -2.55. The van der Waals surface area contributed by atoms with Crippen molar-refractivity contribution in [3.63, 3.8) is 0 Å². The number of aromatic amines is 1. The van der Waals surface area contributed by atoms with E-state index in [1.54, 1.807) is 6.20 Å². The van der Waals surface area contributed by atoms with Crippen LogP contribution >= 0.6 is 0 Å². The second kappa shape index (κ2) is 8.19. The fourth-order valence-corrected chi connectivity index (χ4v) is 2.55. The summed E-state index contributed by atoms with van der Waals surface area (Å²) < 4.78 is 36.0. The fourth-order valence-electron chi connectivity index (χ4n) is 2.27. The zero-order chi connectivity index (χ0) is 18.4. The molecule has 9 nitrogen and oxygen atoms in total. The number of H-pyrrole nitrogens is 1. The van der Waals surface area contributed by atoms with Crippen LogP contribution in [0.2, 0.25) is 0 Å². The van der Waals surface area contributed by atoms with Crippen molar-refractivity contribution in [1.82, 2.24) is 4.98 Å². The summed E-state index contributed by atoms with van der Waals surface area (Å²) in [6.07, 6.45) is 3.62. The molecule has 136 valence electrons. The summed E-state index contributed by atoms with van der Waals surface area (Å²) >= 11 is 0. The van der Waals surface area contributed by atoms with E-state index in [0.717, 1.165) is 16.9 Å². The Hall–Kier alpha value is -2.30. The van der Waals surface area contributed by atoms with E-state index in [1.807, 2.05) is 54.8 Å². The van der Waals surface area contributed by atoms with Gasteiger partial charge in [0.1, 0.15) is 5.69 Å². The van der Waals surface area contributed by atoms with Gasteiger partial charge in [-0.3, -0.25) is 4.55 Å². The minimum atomic E-state index is -4.42. The molecule has 10 heteroatoms. The van der Waals surface area contributed by atoms with Crippen LogP contribution in [0.25, 0.3) is 0 Å². The number of azo groups is 1. The summed E-state index contributed by atoms with van der Waals surface area (Å²) in [5, 5.41) is 8.42. The highest BCUT2D eigenvalue weighted by molar-refractivity contribution is 7.80. The highest BCUT2D eigenvalue weighted by Gasteiger charge is 2.11. The molecule has 0 bridgehead atoms. The Labute approximate surface area is 146 Å². The van der Waals surface area contributed by atoms with E-state index in [4.69, 9.17) is 4.55 Å². The molecular weight excluding hydrogens is 346 g/mol. The van der Waals surface area contributed by atoms with Crippen LogP contribution in [0.5, 0.6) is 0 Å². The molecule has 0 unspecified atom stereocenters. The molecule has 0 saturated heterocycles. The Bertz CT molecular complexity index is 847. The molecule has 0 saturated carbocycles. The number of hydrogen-bond donors (Lipinski definition) is 2. The Morgan fingerprint density at radius 2 is 2.12 bits per heavy atom. The van der Waals surface area contributed by atoms with Crippen LogP contribution in [0, 0.1) is 6.92 Å². The van der Waals surface area contributed by atoms with Gasteiger partial charge in [-0.2, -0.15) is 8.42 Å². The SMILES string of the molecule is CCN(CCOS(=O)(=O)O)c1ccc(N=Nc2[nH]cc[n+]2C)c(C)c1. The Morgan fingerprint density at radius 1 is 1.36 bits per heavy atom. The van der Waals surface area contributed by atoms with Crippen molar-refractivity contribution in [1.29, 1.82) is 0 Å². The Morgan fingerprint density at radius 3 is 2.68 bits per heavy atom. The standard InChI is InChI=1S/C15H21N5O4S/c1-4-20(9-10-24-25(21,22)23)13-5-6-14(12(2)11-13)17-18-15-16-7-8-19(15)3/h5-8,11H,4,9-10H2,1-3H3,(H,21,22,23)/p+1. The molecule has 0 aliphatic rings. The highest BCUT2D eigenvalue weighted by atomic mass is 32.3. The molecule has 0 aliphatic heterocycles. The predicted octanol–water partition coefficient (Wildman–Crippen LogP) is 2.21. The number of hydrogen-bond acceptors (Lipinski definition) is 6. The highest BCUT2D eigenvalue weighted by Crippen LogP contribution is 2.25. The number of aromatic nitrogens is 2. The number of nitrogens with zero attached hydrogens (tertiary/aromatic N) is 4. The van der Waals surface area contributed by atoms with Gasteiger partial charge in [0.15, 0.2) is 0 Å².